The largest absolute Gasteiger partial charge is 0.464 e. The minimum absolute atomic E-state index is 0.224. The Morgan fingerprint density at radius 3 is 2.61 bits per heavy atom. The van der Waals surface area contributed by atoms with Crippen molar-refractivity contribution in [1.82, 2.24) is 9.34 Å². The van der Waals surface area contributed by atoms with Crippen molar-refractivity contribution in [3.05, 3.63) is 35.9 Å². The van der Waals surface area contributed by atoms with Crippen LogP contribution < -0.4 is 0 Å². The minimum atomic E-state index is -2.40. The predicted molar refractivity (Wildman–Crippen MR) is 95.7 cm³/mol. The van der Waals surface area contributed by atoms with Crippen LogP contribution in [0.2, 0.25) is 0 Å². The molecule has 1 aromatic rings. The molecule has 0 bridgehead atoms. The van der Waals surface area contributed by atoms with Gasteiger partial charge in [0, 0.05) is 0 Å². The zero-order chi connectivity index (χ0) is 17.0. The van der Waals surface area contributed by atoms with Gasteiger partial charge in [0.1, 0.15) is 0 Å². The highest BCUT2D eigenvalue weighted by molar-refractivity contribution is 8.10. The molecule has 128 valence electrons. The number of nitrogens with zero attached hydrogens (tertiary/aromatic N) is 2. The lowest BCUT2D eigenvalue weighted by atomic mass is 10.0. The Morgan fingerprint density at radius 2 is 2.04 bits per heavy atom. The predicted octanol–water partition coefficient (Wildman–Crippen LogP) is 3.19. The summed E-state index contributed by atoms with van der Waals surface area (Å²) in [6, 6.07) is 9.64. The number of carbonyl (C=O) groups is 1. The second kappa shape index (κ2) is 7.86. The molecule has 0 amide bonds. The summed E-state index contributed by atoms with van der Waals surface area (Å²) in [5.74, 6) is -0.326. The van der Waals surface area contributed by atoms with Gasteiger partial charge in [-0.05, 0) is 44.9 Å². The summed E-state index contributed by atoms with van der Waals surface area (Å²) in [5.41, 5.74) is 1.01. The van der Waals surface area contributed by atoms with E-state index in [0.29, 0.717) is 6.61 Å². The first-order chi connectivity index (χ1) is 10.9. The highest BCUT2D eigenvalue weighted by Crippen LogP contribution is 2.63. The van der Waals surface area contributed by atoms with Gasteiger partial charge in [0.2, 0.25) is 6.57 Å². The number of ether oxygens (including phenoxy) is 1. The first-order valence-corrected chi connectivity index (χ1v) is 10.5. The number of likely N-dealkylation sites (N-methyl/N-ethyl adjacent to an activating group) is 1. The van der Waals surface area contributed by atoms with Crippen LogP contribution in [0.4, 0.5) is 0 Å². The third-order valence-corrected chi connectivity index (χ3v) is 8.53. The normalized spacial score (nSPS) is 28.2. The van der Waals surface area contributed by atoms with Gasteiger partial charge >= 0.3 is 5.97 Å². The first-order valence-electron chi connectivity index (χ1n) is 7.83. The highest BCUT2D eigenvalue weighted by Gasteiger charge is 2.50. The molecule has 0 aromatic heterocycles. The summed E-state index contributed by atoms with van der Waals surface area (Å²) in [5, 5.41) is 0. The molecule has 1 saturated heterocycles. The van der Waals surface area contributed by atoms with Crippen molar-refractivity contribution in [2.45, 2.75) is 31.9 Å². The van der Waals surface area contributed by atoms with Gasteiger partial charge in [-0.1, -0.05) is 43.7 Å². The Hall–Kier alpha value is -0.780. The van der Waals surface area contributed by atoms with Gasteiger partial charge in [0.25, 0.3) is 0 Å². The van der Waals surface area contributed by atoms with Crippen molar-refractivity contribution in [2.24, 2.45) is 0 Å². The van der Waals surface area contributed by atoms with E-state index in [1.54, 1.807) is 0 Å². The molecule has 0 aliphatic carbocycles. The van der Waals surface area contributed by atoms with Crippen molar-refractivity contribution in [3.63, 3.8) is 0 Å². The van der Waals surface area contributed by atoms with Crippen molar-refractivity contribution in [2.75, 3.05) is 27.7 Å². The van der Waals surface area contributed by atoms with Crippen LogP contribution in [0.1, 0.15) is 31.4 Å². The van der Waals surface area contributed by atoms with Gasteiger partial charge in [-0.15, -0.1) is 0 Å². The Morgan fingerprint density at radius 1 is 1.39 bits per heavy atom. The smallest absolute Gasteiger partial charge is 0.337 e. The van der Waals surface area contributed by atoms with E-state index in [1.165, 1.54) is 0 Å². The number of hydrogen-bond donors (Lipinski definition) is 0. The Labute approximate surface area is 143 Å². The number of benzene rings is 1. The van der Waals surface area contributed by atoms with Crippen molar-refractivity contribution < 1.29 is 14.1 Å². The molecule has 2 rings (SSSR count). The number of rotatable bonds is 6. The molecule has 23 heavy (non-hydrogen) atoms. The Balaban J connectivity index is 2.30. The van der Waals surface area contributed by atoms with Gasteiger partial charge in [0.05, 0.1) is 12.6 Å². The van der Waals surface area contributed by atoms with Crippen LogP contribution in [0.15, 0.2) is 30.3 Å². The zero-order valence-electron chi connectivity index (χ0n) is 14.1. The molecule has 0 saturated carbocycles. The SMILES string of the molecule is CCCCOC(=O)[C@@H]1OP(=S)(N(C)C)N(C)[C@@H]1c1ccccc1. The highest BCUT2D eigenvalue weighted by atomic mass is 32.5. The Bertz CT molecular complexity index is 582. The van der Waals surface area contributed by atoms with E-state index in [2.05, 4.69) is 6.92 Å². The number of unbranched alkanes of at least 4 members (excludes halogenated alkanes) is 1. The minimum Gasteiger partial charge on any atom is -0.464 e. The maximum absolute atomic E-state index is 12.5. The van der Waals surface area contributed by atoms with Crippen LogP contribution in [0.3, 0.4) is 0 Å². The summed E-state index contributed by atoms with van der Waals surface area (Å²) in [6.07, 6.45) is 1.15. The lowest BCUT2D eigenvalue weighted by Gasteiger charge is -2.30. The van der Waals surface area contributed by atoms with Gasteiger partial charge < -0.3 is 9.26 Å². The molecule has 7 heteroatoms. The van der Waals surface area contributed by atoms with E-state index in [9.17, 15) is 4.79 Å². The van der Waals surface area contributed by atoms with Crippen LogP contribution in [0.25, 0.3) is 0 Å². The quantitative estimate of drug-likeness (QED) is 0.443. The van der Waals surface area contributed by atoms with E-state index in [4.69, 9.17) is 21.1 Å². The molecule has 1 fully saturated rings. The maximum Gasteiger partial charge on any atom is 0.337 e. The van der Waals surface area contributed by atoms with E-state index in [0.717, 1.165) is 18.4 Å². The van der Waals surface area contributed by atoms with E-state index < -0.39 is 12.7 Å². The summed E-state index contributed by atoms with van der Waals surface area (Å²) in [6.45, 7) is 0.0792. The maximum atomic E-state index is 12.5. The van der Waals surface area contributed by atoms with E-state index >= 15 is 0 Å². The number of carbonyl (C=O) groups excluding carboxylic acids is 1. The number of hydrogen-bond acceptors (Lipinski definition) is 4. The fourth-order valence-electron chi connectivity index (χ4n) is 2.62. The van der Waals surface area contributed by atoms with Crippen LogP contribution in [-0.2, 0) is 25.9 Å². The third-order valence-electron chi connectivity index (χ3n) is 3.96. The second-order valence-corrected chi connectivity index (χ2v) is 9.86. The molecule has 1 aliphatic heterocycles. The van der Waals surface area contributed by atoms with Gasteiger partial charge in [-0.2, -0.15) is 0 Å². The molecule has 5 nitrogen and oxygen atoms in total. The average Bonchev–Trinajstić information content (AvgIpc) is 2.82. The van der Waals surface area contributed by atoms with Crippen LogP contribution in [0, 0.1) is 0 Å². The van der Waals surface area contributed by atoms with Crippen molar-refractivity contribution >= 4 is 24.3 Å². The lowest BCUT2D eigenvalue weighted by molar-refractivity contribution is -0.152. The van der Waals surface area contributed by atoms with Crippen molar-refractivity contribution in [3.8, 4) is 0 Å². The van der Waals surface area contributed by atoms with Crippen LogP contribution in [-0.4, -0.2) is 49.2 Å². The first kappa shape index (κ1) is 18.6. The molecule has 0 radical (unpaired) electrons. The molecule has 1 aromatic carbocycles. The Kier molecular flexibility index (Phi) is 6.34. The van der Waals surface area contributed by atoms with Gasteiger partial charge in [-0.3, -0.25) is 0 Å². The second-order valence-electron chi connectivity index (χ2n) is 5.81. The average molecular weight is 356 g/mol. The summed E-state index contributed by atoms with van der Waals surface area (Å²) < 4.78 is 15.4. The molecule has 0 spiro atoms. The molecule has 1 aliphatic rings. The summed E-state index contributed by atoms with van der Waals surface area (Å²) in [4.78, 5) is 12.5. The topological polar surface area (TPSA) is 42.0 Å². The van der Waals surface area contributed by atoms with E-state index in [1.807, 2.05) is 60.8 Å². The van der Waals surface area contributed by atoms with Crippen LogP contribution >= 0.6 is 6.57 Å². The monoisotopic (exact) mass is 356 g/mol. The van der Waals surface area contributed by atoms with Gasteiger partial charge in [0.15, 0.2) is 6.10 Å². The number of esters is 1. The molecule has 0 N–H and O–H groups in total. The van der Waals surface area contributed by atoms with E-state index in [-0.39, 0.29) is 12.0 Å². The fourth-order valence-corrected chi connectivity index (χ4v) is 5.17. The summed E-state index contributed by atoms with van der Waals surface area (Å²) in [7, 11) is 5.71. The molecule has 1 heterocycles. The third kappa shape index (κ3) is 3.83. The molecule has 1 unspecified atom stereocenters. The lowest BCUT2D eigenvalue weighted by Crippen LogP contribution is -2.31. The van der Waals surface area contributed by atoms with Crippen molar-refractivity contribution in [1.29, 1.82) is 0 Å². The molecular formula is C16H25N2O3PS. The molecule has 3 atom stereocenters. The van der Waals surface area contributed by atoms with Crippen LogP contribution in [0.5, 0.6) is 0 Å². The standard InChI is InChI=1S/C16H25N2O3PS/c1-5-6-12-20-16(19)15-14(13-10-8-7-9-11-13)18(4)22(23,21-15)17(2)3/h7-11,14-15H,5-6,12H2,1-4H3/t14-,15-,22?/m1/s1. The zero-order valence-corrected chi connectivity index (χ0v) is 15.8. The fraction of sp³-hybridized carbons (Fsp3) is 0.562. The summed E-state index contributed by atoms with van der Waals surface area (Å²) >= 11 is 5.76. The molecular weight excluding hydrogens is 331 g/mol. The van der Waals surface area contributed by atoms with Gasteiger partial charge in [-0.25, -0.2) is 14.1 Å².